The van der Waals surface area contributed by atoms with Gasteiger partial charge < -0.3 is 14.9 Å². The molecule has 0 amide bonds. The molecule has 1 rings (SSSR count). The molecule has 0 bridgehead atoms. The lowest BCUT2D eigenvalue weighted by molar-refractivity contribution is -0.405. The zero-order chi connectivity index (χ0) is 30.5. The van der Waals surface area contributed by atoms with E-state index in [1.807, 2.05) is 0 Å². The van der Waals surface area contributed by atoms with Crippen molar-refractivity contribution in [2.24, 2.45) is 17.3 Å². The number of carbonyl (C=O) groups excluding carboxylic acids is 1. The monoisotopic (exact) mass is 587 g/mol. The number of alkyl halides is 12. The van der Waals surface area contributed by atoms with E-state index in [-0.39, 0.29) is 6.42 Å². The molecule has 1 fully saturated rings. The number of aliphatic hydroxyl groups is 2. The number of rotatable bonds is 6. The van der Waals surface area contributed by atoms with E-state index >= 15 is 0 Å². The average Bonchev–Trinajstić information content (AvgIpc) is 2.66. The molecule has 226 valence electrons. The van der Waals surface area contributed by atoms with E-state index < -0.39 is 90.5 Å². The molecule has 0 spiro atoms. The van der Waals surface area contributed by atoms with Crippen LogP contribution in [0.25, 0.3) is 0 Å². The van der Waals surface area contributed by atoms with Gasteiger partial charge in [0.2, 0.25) is 0 Å². The van der Waals surface area contributed by atoms with Gasteiger partial charge >= 0.3 is 30.7 Å². The SMILES string of the molecule is CN(C)C(CC(C)(C)C)C(=O)OC1CC(C(O)(C(F)(F)F)C(F)(F)F)CC(C(O)(C(F)(F)F)C(F)(F)F)C1. The quantitative estimate of drug-likeness (QED) is 0.322. The highest BCUT2D eigenvalue weighted by Gasteiger charge is 2.78. The highest BCUT2D eigenvalue weighted by Crippen LogP contribution is 2.58. The smallest absolute Gasteiger partial charge is 0.426 e. The van der Waals surface area contributed by atoms with Gasteiger partial charge in [0.1, 0.15) is 12.1 Å². The van der Waals surface area contributed by atoms with Crippen molar-refractivity contribution in [1.29, 1.82) is 0 Å². The minimum atomic E-state index is -6.60. The second-order valence-corrected chi connectivity index (χ2v) is 10.9. The summed E-state index contributed by atoms with van der Waals surface area (Å²) in [5.74, 6) is -8.12. The Labute approximate surface area is 210 Å². The van der Waals surface area contributed by atoms with Gasteiger partial charge in [-0.05, 0) is 45.2 Å². The maximum atomic E-state index is 13.5. The largest absolute Gasteiger partial charge is 0.461 e. The van der Waals surface area contributed by atoms with Gasteiger partial charge in [-0.3, -0.25) is 9.69 Å². The topological polar surface area (TPSA) is 70.0 Å². The van der Waals surface area contributed by atoms with Crippen molar-refractivity contribution < 1.29 is 72.4 Å². The average molecular weight is 587 g/mol. The van der Waals surface area contributed by atoms with Crippen molar-refractivity contribution in [3.8, 4) is 0 Å². The van der Waals surface area contributed by atoms with Crippen LogP contribution in [0, 0.1) is 17.3 Å². The second-order valence-electron chi connectivity index (χ2n) is 10.9. The van der Waals surface area contributed by atoms with Crippen LogP contribution in [0.2, 0.25) is 0 Å². The van der Waals surface area contributed by atoms with Crippen LogP contribution in [0.15, 0.2) is 0 Å². The Morgan fingerprint density at radius 3 is 1.29 bits per heavy atom. The lowest BCUT2D eigenvalue weighted by Gasteiger charge is -2.48. The molecule has 5 nitrogen and oxygen atoms in total. The van der Waals surface area contributed by atoms with Crippen LogP contribution >= 0.6 is 0 Å². The van der Waals surface area contributed by atoms with Crippen molar-refractivity contribution in [1.82, 2.24) is 4.90 Å². The Hall–Kier alpha value is -1.49. The van der Waals surface area contributed by atoms with Crippen LogP contribution in [0.4, 0.5) is 52.7 Å². The first-order valence-electron chi connectivity index (χ1n) is 11.1. The number of ether oxygens (including phenoxy) is 1. The number of hydrogen-bond donors (Lipinski definition) is 2. The zero-order valence-corrected chi connectivity index (χ0v) is 20.8. The molecule has 0 aromatic carbocycles. The summed E-state index contributed by atoms with van der Waals surface area (Å²) in [6.45, 7) is 4.93. The molecule has 3 unspecified atom stereocenters. The fraction of sp³-hybridized carbons (Fsp3) is 0.952. The number of hydrogen-bond acceptors (Lipinski definition) is 5. The number of esters is 1. The molecular weight excluding hydrogens is 558 g/mol. The molecule has 0 aromatic rings. The van der Waals surface area contributed by atoms with Crippen molar-refractivity contribution in [3.63, 3.8) is 0 Å². The maximum absolute atomic E-state index is 13.5. The normalized spacial score (nSPS) is 23.9. The predicted molar refractivity (Wildman–Crippen MR) is 106 cm³/mol. The molecule has 1 aliphatic rings. The highest BCUT2D eigenvalue weighted by molar-refractivity contribution is 5.76. The Kier molecular flexibility index (Phi) is 9.53. The Bertz CT molecular complexity index is 753. The summed E-state index contributed by atoms with van der Waals surface area (Å²) >= 11 is 0. The van der Waals surface area contributed by atoms with E-state index in [4.69, 9.17) is 4.74 Å². The Morgan fingerprint density at radius 2 is 1.05 bits per heavy atom. The zero-order valence-electron chi connectivity index (χ0n) is 20.8. The van der Waals surface area contributed by atoms with Gasteiger partial charge in [0.25, 0.3) is 11.2 Å². The van der Waals surface area contributed by atoms with E-state index in [2.05, 4.69) is 0 Å². The summed E-state index contributed by atoms with van der Waals surface area (Å²) in [5.41, 5.74) is -12.2. The molecule has 3 atom stereocenters. The third-order valence-electron chi connectivity index (χ3n) is 6.56. The number of likely N-dealkylation sites (N-methyl/N-ethyl adjacent to an activating group) is 1. The molecule has 0 saturated heterocycles. The molecule has 1 aliphatic carbocycles. The van der Waals surface area contributed by atoms with Gasteiger partial charge in [-0.1, -0.05) is 20.8 Å². The molecule has 0 heterocycles. The first-order chi connectivity index (χ1) is 16.5. The van der Waals surface area contributed by atoms with E-state index in [0.717, 1.165) is 0 Å². The summed E-state index contributed by atoms with van der Waals surface area (Å²) in [7, 11) is 2.67. The maximum Gasteiger partial charge on any atom is 0.426 e. The molecular formula is C21H29F12NO4. The lowest BCUT2D eigenvalue weighted by Crippen LogP contribution is -2.67. The van der Waals surface area contributed by atoms with Gasteiger partial charge in [0.15, 0.2) is 0 Å². The van der Waals surface area contributed by atoms with Crippen LogP contribution in [0.5, 0.6) is 0 Å². The van der Waals surface area contributed by atoms with E-state index in [9.17, 15) is 67.7 Å². The summed E-state index contributed by atoms with van der Waals surface area (Å²) in [6.07, 6.45) is -34.2. The molecule has 38 heavy (non-hydrogen) atoms. The minimum absolute atomic E-state index is 0.0253. The van der Waals surface area contributed by atoms with Gasteiger partial charge in [-0.2, -0.15) is 52.7 Å². The van der Waals surface area contributed by atoms with E-state index in [0.29, 0.717) is 0 Å². The number of carbonyl (C=O) groups is 1. The highest BCUT2D eigenvalue weighted by atomic mass is 19.4. The Morgan fingerprint density at radius 1 is 0.737 bits per heavy atom. The van der Waals surface area contributed by atoms with Crippen molar-refractivity contribution >= 4 is 5.97 Å². The van der Waals surface area contributed by atoms with Gasteiger partial charge in [-0.25, -0.2) is 0 Å². The third-order valence-corrected chi connectivity index (χ3v) is 6.56. The van der Waals surface area contributed by atoms with Crippen LogP contribution < -0.4 is 0 Å². The molecule has 0 aromatic heterocycles. The molecule has 0 radical (unpaired) electrons. The van der Waals surface area contributed by atoms with Crippen molar-refractivity contribution in [2.75, 3.05) is 14.1 Å². The van der Waals surface area contributed by atoms with Crippen LogP contribution in [-0.4, -0.2) is 83.2 Å². The minimum Gasteiger partial charge on any atom is -0.461 e. The fourth-order valence-electron chi connectivity index (χ4n) is 4.59. The van der Waals surface area contributed by atoms with Crippen LogP contribution in [0.3, 0.4) is 0 Å². The summed E-state index contributed by atoms with van der Waals surface area (Å²) in [6, 6.07) is -1.23. The third kappa shape index (κ3) is 6.80. The summed E-state index contributed by atoms with van der Waals surface area (Å²) in [5, 5.41) is 19.5. The van der Waals surface area contributed by atoms with Gasteiger partial charge in [0, 0.05) is 11.8 Å². The summed E-state index contributed by atoms with van der Waals surface area (Å²) in [4.78, 5) is 14.0. The molecule has 2 N–H and O–H groups in total. The molecule has 0 aliphatic heterocycles. The van der Waals surface area contributed by atoms with Crippen molar-refractivity contribution in [2.45, 2.75) is 94.5 Å². The first kappa shape index (κ1) is 34.5. The number of halogens is 12. The Balaban J connectivity index is 3.68. The second kappa shape index (κ2) is 10.5. The molecule has 1 saturated carbocycles. The van der Waals surface area contributed by atoms with Crippen molar-refractivity contribution in [3.05, 3.63) is 0 Å². The fourth-order valence-corrected chi connectivity index (χ4v) is 4.59. The van der Waals surface area contributed by atoms with Crippen LogP contribution in [-0.2, 0) is 9.53 Å². The predicted octanol–water partition coefficient (Wildman–Crippen LogP) is 5.39. The summed E-state index contributed by atoms with van der Waals surface area (Å²) < 4.78 is 167. The van der Waals surface area contributed by atoms with Gasteiger partial charge in [-0.15, -0.1) is 0 Å². The van der Waals surface area contributed by atoms with Gasteiger partial charge in [0.05, 0.1) is 0 Å². The lowest BCUT2D eigenvalue weighted by atomic mass is 9.65. The first-order valence-corrected chi connectivity index (χ1v) is 11.1. The van der Waals surface area contributed by atoms with E-state index in [1.54, 1.807) is 20.8 Å². The molecule has 17 heteroatoms. The standard InChI is InChI=1S/C21H29F12NO4/c1-15(2,3)9-13(34(4)5)14(35)38-12-7-10(16(36,18(22,23)24)19(25,26)27)6-11(8-12)17(37,20(28,29)30)21(31,32)33/h10-13,36-37H,6-9H2,1-5H3. The number of nitrogens with zero attached hydrogens (tertiary/aromatic N) is 1. The van der Waals surface area contributed by atoms with E-state index in [1.165, 1.54) is 19.0 Å². The van der Waals surface area contributed by atoms with Crippen LogP contribution in [0.1, 0.15) is 46.5 Å².